The lowest BCUT2D eigenvalue weighted by Crippen LogP contribution is -2.24. The first-order chi connectivity index (χ1) is 15.2. The van der Waals surface area contributed by atoms with E-state index in [4.69, 9.17) is 0 Å². The Morgan fingerprint density at radius 3 is 2.27 bits per heavy atom. The third kappa shape index (κ3) is 5.33. The number of carbonyl (C=O) groups is 1. The molecule has 33 heavy (non-hydrogen) atoms. The second-order valence-electron chi connectivity index (χ2n) is 7.79. The number of rotatable bonds is 6. The van der Waals surface area contributed by atoms with Gasteiger partial charge in [0.2, 0.25) is 11.1 Å². The summed E-state index contributed by atoms with van der Waals surface area (Å²) in [5, 5.41) is 13.0. The average molecular weight is 484 g/mol. The van der Waals surface area contributed by atoms with E-state index in [2.05, 4.69) is 9.84 Å². The van der Waals surface area contributed by atoms with Crippen LogP contribution in [0.1, 0.15) is 29.9 Å². The molecule has 12 heteroatoms. The summed E-state index contributed by atoms with van der Waals surface area (Å²) < 4.78 is 67.3. The lowest BCUT2D eigenvalue weighted by molar-refractivity contribution is -0.274. The summed E-state index contributed by atoms with van der Waals surface area (Å²) in [7, 11) is -3.96. The molecular weight excluding hydrogens is 465 g/mol. The maximum Gasteiger partial charge on any atom is 0.573 e. The van der Waals surface area contributed by atoms with E-state index in [0.29, 0.717) is 12.0 Å². The topological polar surface area (TPSA) is 116 Å². The maximum atomic E-state index is 12.9. The summed E-state index contributed by atoms with van der Waals surface area (Å²) in [4.78, 5) is 24.2. The molecule has 0 atom stereocenters. The Morgan fingerprint density at radius 1 is 1.18 bits per heavy atom. The van der Waals surface area contributed by atoms with Crippen LogP contribution < -0.4 is 10.2 Å². The van der Waals surface area contributed by atoms with Crippen molar-refractivity contribution in [2.45, 2.75) is 31.5 Å². The largest absolute Gasteiger partial charge is 0.573 e. The van der Waals surface area contributed by atoms with Crippen molar-refractivity contribution in [1.29, 1.82) is 0 Å². The lowest BCUT2D eigenvalue weighted by atomic mass is 10.0. The zero-order valence-electron chi connectivity index (χ0n) is 17.7. The Morgan fingerprint density at radius 2 is 1.79 bits per heavy atom. The molecular formula is C21H19F3N2O6S. The van der Waals surface area contributed by atoms with Gasteiger partial charge in [-0.15, -0.1) is 13.2 Å². The molecule has 3 aromatic rings. The van der Waals surface area contributed by atoms with Crippen LogP contribution in [0, 0.1) is 5.92 Å². The van der Waals surface area contributed by atoms with E-state index in [1.807, 2.05) is 13.8 Å². The maximum absolute atomic E-state index is 12.9. The number of halogens is 3. The van der Waals surface area contributed by atoms with Gasteiger partial charge in [-0.3, -0.25) is 4.79 Å². The molecule has 0 amide bonds. The van der Waals surface area contributed by atoms with Gasteiger partial charge in [-0.05, 0) is 54.3 Å². The van der Waals surface area contributed by atoms with E-state index >= 15 is 0 Å². The highest BCUT2D eigenvalue weighted by Crippen LogP contribution is 2.28. The number of hydrogen-bond donors (Lipinski definition) is 1. The van der Waals surface area contributed by atoms with Gasteiger partial charge < -0.3 is 9.84 Å². The Balaban J connectivity index is 2.40. The van der Waals surface area contributed by atoms with Crippen LogP contribution >= 0.6 is 0 Å². The average Bonchev–Trinajstić information content (AvgIpc) is 2.66. The molecule has 3 rings (SSSR count). The van der Waals surface area contributed by atoms with Crippen molar-refractivity contribution in [2.24, 2.45) is 5.92 Å². The molecule has 0 saturated heterocycles. The third-order valence-corrected chi connectivity index (χ3v) is 5.69. The molecule has 176 valence electrons. The fourth-order valence-electron chi connectivity index (χ4n) is 3.38. The van der Waals surface area contributed by atoms with E-state index in [9.17, 15) is 36.3 Å². The van der Waals surface area contributed by atoms with Crippen LogP contribution in [0.3, 0.4) is 0 Å². The molecule has 0 aliphatic carbocycles. The van der Waals surface area contributed by atoms with Gasteiger partial charge in [0.05, 0.1) is 21.5 Å². The van der Waals surface area contributed by atoms with E-state index in [-0.39, 0.29) is 27.4 Å². The lowest BCUT2D eigenvalue weighted by Gasteiger charge is -2.16. The molecule has 0 aliphatic heterocycles. The predicted octanol–water partition coefficient (Wildman–Crippen LogP) is 3.58. The number of ether oxygens (including phenoxy) is 1. The van der Waals surface area contributed by atoms with Crippen molar-refractivity contribution in [3.63, 3.8) is 0 Å². The number of hydrogen-bond acceptors (Lipinski definition) is 6. The molecule has 0 bridgehead atoms. The van der Waals surface area contributed by atoms with Crippen molar-refractivity contribution in [3.8, 4) is 11.4 Å². The van der Waals surface area contributed by atoms with E-state index < -0.39 is 39.0 Å². The summed E-state index contributed by atoms with van der Waals surface area (Å²) >= 11 is 0. The molecule has 0 radical (unpaired) electrons. The van der Waals surface area contributed by atoms with Crippen LogP contribution in [0.25, 0.3) is 16.6 Å². The smallest absolute Gasteiger partial charge is 0.476 e. The molecule has 0 aliphatic rings. The molecule has 8 nitrogen and oxygen atoms in total. The van der Waals surface area contributed by atoms with Crippen LogP contribution in [-0.4, -0.2) is 41.9 Å². The predicted molar refractivity (Wildman–Crippen MR) is 113 cm³/mol. The van der Waals surface area contributed by atoms with Crippen LogP contribution in [0.4, 0.5) is 13.2 Å². The molecule has 0 unspecified atom stereocenters. The first kappa shape index (κ1) is 24.2. The van der Waals surface area contributed by atoms with Gasteiger partial charge in [-0.1, -0.05) is 13.8 Å². The minimum atomic E-state index is -4.91. The monoisotopic (exact) mass is 484 g/mol. The van der Waals surface area contributed by atoms with Crippen LogP contribution in [0.2, 0.25) is 0 Å². The van der Waals surface area contributed by atoms with Gasteiger partial charge in [0.1, 0.15) is 5.75 Å². The first-order valence-electron chi connectivity index (χ1n) is 9.57. The van der Waals surface area contributed by atoms with Crippen molar-refractivity contribution in [3.05, 3.63) is 57.9 Å². The normalized spacial score (nSPS) is 12.3. The number of sulfone groups is 1. The molecule has 1 heterocycles. The number of alkyl halides is 3. The molecule has 0 spiro atoms. The second kappa shape index (κ2) is 8.50. The van der Waals surface area contributed by atoms with Gasteiger partial charge in [0, 0.05) is 6.26 Å². The number of benzene rings is 2. The van der Waals surface area contributed by atoms with Gasteiger partial charge in [-0.25, -0.2) is 17.9 Å². The molecule has 0 saturated carbocycles. The van der Waals surface area contributed by atoms with Crippen LogP contribution in [0.15, 0.2) is 46.1 Å². The van der Waals surface area contributed by atoms with E-state index in [0.717, 1.165) is 23.1 Å². The van der Waals surface area contributed by atoms with Crippen molar-refractivity contribution in [2.75, 3.05) is 6.26 Å². The molecule has 1 aromatic heterocycles. The van der Waals surface area contributed by atoms with Gasteiger partial charge >= 0.3 is 12.3 Å². The van der Waals surface area contributed by atoms with Crippen LogP contribution in [-0.2, 0) is 16.3 Å². The number of carboxylic acid groups (broad SMARTS) is 1. The number of nitrogens with zero attached hydrogens (tertiary/aromatic N) is 2. The highest BCUT2D eigenvalue weighted by molar-refractivity contribution is 7.91. The molecule has 2 aromatic carbocycles. The Hall–Kier alpha value is -3.41. The van der Waals surface area contributed by atoms with Gasteiger partial charge in [0.15, 0.2) is 9.84 Å². The quantitative estimate of drug-likeness (QED) is 0.569. The number of fused-ring (bicyclic) bond motifs is 1. The Labute approximate surface area is 186 Å². The van der Waals surface area contributed by atoms with Gasteiger partial charge in [0.25, 0.3) is 0 Å². The number of aromatic carboxylic acids is 1. The van der Waals surface area contributed by atoms with Gasteiger partial charge in [-0.2, -0.15) is 5.10 Å². The van der Waals surface area contributed by atoms with Crippen molar-refractivity contribution < 1.29 is 36.2 Å². The fraction of sp³-hybridized carbons (Fsp3) is 0.286. The zero-order valence-corrected chi connectivity index (χ0v) is 18.5. The summed E-state index contributed by atoms with van der Waals surface area (Å²) in [5.41, 5.74) is -1.35. The standard InChI is InChI=1S/C21H19F3N2O6S/c1-11(2)8-12-9-15-17(16(10-12)33(3,30)31)19(27)18(20(28)29)25-26(15)13-4-6-14(7-5-13)32-21(22,23)24/h4-7,9-11H,8H2,1-3H3,(H,28,29). The Bertz CT molecular complexity index is 1390. The summed E-state index contributed by atoms with van der Waals surface area (Å²) in [6.07, 6.45) is -3.56. The van der Waals surface area contributed by atoms with E-state index in [1.54, 1.807) is 0 Å². The highest BCUT2D eigenvalue weighted by Gasteiger charge is 2.31. The second-order valence-corrected chi connectivity index (χ2v) is 9.78. The minimum Gasteiger partial charge on any atom is -0.476 e. The number of aromatic nitrogens is 2. The first-order valence-corrected chi connectivity index (χ1v) is 11.5. The summed E-state index contributed by atoms with van der Waals surface area (Å²) in [6, 6.07) is 7.19. The van der Waals surface area contributed by atoms with Crippen molar-refractivity contribution >= 4 is 26.7 Å². The highest BCUT2D eigenvalue weighted by atomic mass is 32.2. The zero-order chi connectivity index (χ0) is 24.7. The Kier molecular flexibility index (Phi) is 6.25. The van der Waals surface area contributed by atoms with E-state index in [1.165, 1.54) is 24.3 Å². The van der Waals surface area contributed by atoms with Crippen LogP contribution in [0.5, 0.6) is 5.75 Å². The summed E-state index contributed by atoms with van der Waals surface area (Å²) in [6.45, 7) is 3.81. The SMILES string of the molecule is CC(C)Cc1cc(S(C)(=O)=O)c2c(=O)c(C(=O)O)nn(-c3ccc(OC(F)(F)F)cc3)c2c1. The molecule has 1 N–H and O–H groups in total. The number of carboxylic acids is 1. The molecule has 0 fully saturated rings. The van der Waals surface area contributed by atoms with Crippen molar-refractivity contribution in [1.82, 2.24) is 9.78 Å². The third-order valence-electron chi connectivity index (χ3n) is 4.57. The minimum absolute atomic E-state index is 0.00747. The summed E-state index contributed by atoms with van der Waals surface area (Å²) in [5.74, 6) is -2.08. The fourth-order valence-corrected chi connectivity index (χ4v) is 4.31.